The van der Waals surface area contributed by atoms with Gasteiger partial charge in [0.05, 0.1) is 21.2 Å². The van der Waals surface area contributed by atoms with Crippen molar-refractivity contribution in [3.63, 3.8) is 0 Å². The van der Waals surface area contributed by atoms with Gasteiger partial charge in [0.25, 0.3) is 5.91 Å². The van der Waals surface area contributed by atoms with E-state index in [0.29, 0.717) is 47.0 Å². The number of carbonyl (C=O) groups excluding carboxylic acids is 2. The molecule has 4 aromatic rings. The first-order valence-corrected chi connectivity index (χ1v) is 15.5. The Morgan fingerprint density at radius 1 is 1.20 bits per heavy atom. The van der Waals surface area contributed by atoms with Gasteiger partial charge in [-0.05, 0) is 37.6 Å². The topological polar surface area (TPSA) is 106 Å². The zero-order valence-corrected chi connectivity index (χ0v) is 25.7. The molecule has 1 aliphatic rings. The van der Waals surface area contributed by atoms with E-state index in [1.807, 2.05) is 6.07 Å². The van der Waals surface area contributed by atoms with Crippen molar-refractivity contribution in [2.75, 3.05) is 11.5 Å². The highest BCUT2D eigenvalue weighted by Crippen LogP contribution is 2.46. The van der Waals surface area contributed by atoms with Gasteiger partial charge in [-0.1, -0.05) is 83.2 Å². The van der Waals surface area contributed by atoms with E-state index >= 15 is 0 Å². The Bertz CT molecular complexity index is 1700. The summed E-state index contributed by atoms with van der Waals surface area (Å²) in [4.78, 5) is 33.5. The number of para-hydroxylation sites is 1. The number of thiazole rings is 1. The van der Waals surface area contributed by atoms with E-state index in [9.17, 15) is 14.7 Å². The van der Waals surface area contributed by atoms with Crippen LogP contribution in [0.15, 0.2) is 70.8 Å². The summed E-state index contributed by atoms with van der Waals surface area (Å²) in [6.07, 6.45) is 1.60. The zero-order valence-electron chi connectivity index (χ0n) is 21.8. The van der Waals surface area contributed by atoms with Gasteiger partial charge in [-0.3, -0.25) is 14.5 Å². The Kier molecular flexibility index (Phi) is 8.81. The molecule has 1 amide bonds. The maximum atomic E-state index is 13.9. The van der Waals surface area contributed by atoms with Gasteiger partial charge in [0, 0.05) is 21.4 Å². The fourth-order valence-corrected chi connectivity index (χ4v) is 7.62. The van der Waals surface area contributed by atoms with E-state index in [-0.39, 0.29) is 17.3 Å². The number of ketones is 1. The Morgan fingerprint density at radius 3 is 2.68 bits per heavy atom. The molecule has 1 atom stereocenters. The van der Waals surface area contributed by atoms with Crippen molar-refractivity contribution in [2.24, 2.45) is 0 Å². The van der Waals surface area contributed by atoms with Gasteiger partial charge in [0.15, 0.2) is 10.1 Å². The number of hydrogen-bond donors (Lipinski definition) is 1. The van der Waals surface area contributed by atoms with Crippen LogP contribution in [0.4, 0.5) is 5.13 Å². The molecule has 0 spiro atoms. The molecule has 5 rings (SSSR count). The number of Topliss-reactive ketones (excluding diaryl/α,β-unsaturated/α-hetero) is 1. The summed E-state index contributed by atoms with van der Waals surface area (Å²) in [5, 5.41) is 21.7. The molecular weight excluding hydrogens is 623 g/mol. The number of amides is 1. The van der Waals surface area contributed by atoms with Crippen LogP contribution in [0.5, 0.6) is 5.75 Å². The summed E-state index contributed by atoms with van der Waals surface area (Å²) in [7, 11) is 0. The second-order valence-corrected chi connectivity index (χ2v) is 13.1. The molecule has 0 aliphatic carbocycles. The van der Waals surface area contributed by atoms with E-state index in [1.165, 1.54) is 28.0 Å². The molecule has 2 aromatic heterocycles. The highest BCUT2D eigenvalue weighted by atomic mass is 35.5. The number of rotatable bonds is 10. The average molecular weight is 646 g/mol. The van der Waals surface area contributed by atoms with Crippen molar-refractivity contribution in [1.82, 2.24) is 15.2 Å². The van der Waals surface area contributed by atoms with Gasteiger partial charge < -0.3 is 9.84 Å². The molecule has 2 aromatic carbocycles. The van der Waals surface area contributed by atoms with E-state index in [2.05, 4.69) is 21.8 Å². The number of aromatic nitrogens is 3. The van der Waals surface area contributed by atoms with Gasteiger partial charge in [-0.25, -0.2) is 4.98 Å². The number of hydrogen-bond acceptors (Lipinski definition) is 10. The van der Waals surface area contributed by atoms with Crippen LogP contribution < -0.4 is 9.64 Å². The van der Waals surface area contributed by atoms with Crippen molar-refractivity contribution in [1.29, 1.82) is 0 Å². The van der Waals surface area contributed by atoms with E-state index < -0.39 is 23.5 Å². The summed E-state index contributed by atoms with van der Waals surface area (Å²) in [5.41, 5.74) is 1.82. The minimum absolute atomic E-state index is 0.0752. The van der Waals surface area contributed by atoms with Crippen LogP contribution in [0, 0.1) is 13.8 Å². The number of nitrogens with zero attached hydrogens (tertiary/aromatic N) is 4. The number of halogens is 2. The standard InChI is InChI=1S/C28H22Cl2N4O4S3/c1-4-11-38-20-8-6-5-7-18(20)22-21(23(35)25-14(2)31-15(3)40-25)24(36)26(37)34(22)27-32-33-28(41-27)39-13-16-9-10-17(29)12-19(16)30/h4-10,12,22,36H,1,11,13H2,2-3H3. The molecule has 1 unspecified atom stereocenters. The number of aliphatic hydroxyl groups excluding tert-OH is 1. The maximum Gasteiger partial charge on any atom is 0.296 e. The number of aryl methyl sites for hydroxylation is 2. The molecule has 210 valence electrons. The molecule has 8 nitrogen and oxygen atoms in total. The lowest BCUT2D eigenvalue weighted by atomic mass is 9.94. The van der Waals surface area contributed by atoms with E-state index in [0.717, 1.165) is 16.9 Å². The number of ether oxygens (including phenoxy) is 1. The maximum absolute atomic E-state index is 13.9. The van der Waals surface area contributed by atoms with Crippen LogP contribution >= 0.6 is 57.6 Å². The lowest BCUT2D eigenvalue weighted by molar-refractivity contribution is -0.117. The fraction of sp³-hybridized carbons (Fsp3) is 0.179. The molecule has 41 heavy (non-hydrogen) atoms. The van der Waals surface area contributed by atoms with Crippen LogP contribution in [-0.2, 0) is 10.5 Å². The van der Waals surface area contributed by atoms with Crippen LogP contribution in [0.3, 0.4) is 0 Å². The van der Waals surface area contributed by atoms with Crippen molar-refractivity contribution < 1.29 is 19.4 Å². The Morgan fingerprint density at radius 2 is 1.98 bits per heavy atom. The molecular formula is C28H22Cl2N4O4S3. The minimum Gasteiger partial charge on any atom is -0.503 e. The highest BCUT2D eigenvalue weighted by Gasteiger charge is 2.47. The van der Waals surface area contributed by atoms with Crippen LogP contribution in [0.2, 0.25) is 10.0 Å². The van der Waals surface area contributed by atoms with Gasteiger partial charge in [-0.15, -0.1) is 21.5 Å². The normalized spacial score (nSPS) is 15.1. The third-order valence-electron chi connectivity index (χ3n) is 6.10. The first kappa shape index (κ1) is 29.3. The summed E-state index contributed by atoms with van der Waals surface area (Å²) >= 11 is 16.1. The molecule has 13 heteroatoms. The smallest absolute Gasteiger partial charge is 0.296 e. The molecule has 0 saturated heterocycles. The second kappa shape index (κ2) is 12.3. The summed E-state index contributed by atoms with van der Waals surface area (Å²) in [6.45, 7) is 7.43. The van der Waals surface area contributed by atoms with Gasteiger partial charge in [0.1, 0.15) is 18.4 Å². The number of carbonyl (C=O) groups is 2. The fourth-order valence-electron chi connectivity index (χ4n) is 4.32. The number of benzene rings is 2. The predicted molar refractivity (Wildman–Crippen MR) is 164 cm³/mol. The Labute approximate surface area is 258 Å². The Balaban J connectivity index is 1.54. The third-order valence-corrected chi connectivity index (χ3v) is 9.86. The molecule has 1 N–H and O–H groups in total. The van der Waals surface area contributed by atoms with Gasteiger partial charge in [0.2, 0.25) is 10.9 Å². The van der Waals surface area contributed by atoms with Crippen molar-refractivity contribution in [3.05, 3.63) is 103 Å². The van der Waals surface area contributed by atoms with Crippen LogP contribution in [0.25, 0.3) is 0 Å². The molecule has 0 bridgehead atoms. The van der Waals surface area contributed by atoms with Crippen LogP contribution in [-0.4, -0.2) is 38.6 Å². The SMILES string of the molecule is C=CCOc1ccccc1C1C(C(=O)c2sc(C)nc2C)=C(O)C(=O)N1c1nnc(SCc2ccc(Cl)cc2Cl)s1. The first-order chi connectivity index (χ1) is 19.7. The van der Waals surface area contributed by atoms with Crippen LogP contribution in [0.1, 0.15) is 37.5 Å². The lowest BCUT2D eigenvalue weighted by Crippen LogP contribution is -2.31. The first-order valence-electron chi connectivity index (χ1n) is 12.2. The van der Waals surface area contributed by atoms with Gasteiger partial charge >= 0.3 is 0 Å². The van der Waals surface area contributed by atoms with Crippen molar-refractivity contribution in [2.45, 2.75) is 30.0 Å². The molecule has 3 heterocycles. The zero-order chi connectivity index (χ0) is 29.3. The van der Waals surface area contributed by atoms with E-state index in [4.69, 9.17) is 27.9 Å². The van der Waals surface area contributed by atoms with Gasteiger partial charge in [-0.2, -0.15) is 0 Å². The van der Waals surface area contributed by atoms with E-state index in [1.54, 1.807) is 56.3 Å². The molecule has 1 aliphatic heterocycles. The Hall–Kier alpha value is -3.22. The highest BCUT2D eigenvalue weighted by molar-refractivity contribution is 8.00. The molecule has 0 fully saturated rings. The lowest BCUT2D eigenvalue weighted by Gasteiger charge is -2.25. The monoisotopic (exact) mass is 644 g/mol. The third kappa shape index (κ3) is 5.91. The summed E-state index contributed by atoms with van der Waals surface area (Å²) in [5.74, 6) is -0.965. The average Bonchev–Trinajstić information content (AvgIpc) is 3.62. The predicted octanol–water partition coefficient (Wildman–Crippen LogP) is 7.56. The number of thioether (sulfide) groups is 1. The number of anilines is 1. The largest absolute Gasteiger partial charge is 0.503 e. The molecule has 0 saturated carbocycles. The number of aliphatic hydroxyl groups is 1. The van der Waals surface area contributed by atoms with Crippen molar-refractivity contribution in [3.8, 4) is 5.75 Å². The quantitative estimate of drug-likeness (QED) is 0.0816. The molecule has 0 radical (unpaired) electrons. The summed E-state index contributed by atoms with van der Waals surface area (Å²) in [6, 6.07) is 11.3. The minimum atomic E-state index is -1.02. The second-order valence-electron chi connectivity index (χ2n) is 8.83. The van der Waals surface area contributed by atoms with Crippen molar-refractivity contribution >= 4 is 74.5 Å². The summed E-state index contributed by atoms with van der Waals surface area (Å²) < 4.78 is 6.46.